The van der Waals surface area contributed by atoms with Crippen LogP contribution in [0.1, 0.15) is 18.4 Å². The Morgan fingerprint density at radius 1 is 1.09 bits per heavy atom. The molecule has 0 unspecified atom stereocenters. The molecule has 1 saturated heterocycles. The van der Waals surface area contributed by atoms with Crippen LogP contribution in [0.4, 0.5) is 5.82 Å². The lowest BCUT2D eigenvalue weighted by Crippen LogP contribution is -2.25. The molecular formula is C18H23N3O. The van der Waals surface area contributed by atoms with Gasteiger partial charge in [0.25, 0.3) is 0 Å². The normalized spacial score (nSPS) is 14.9. The summed E-state index contributed by atoms with van der Waals surface area (Å²) in [5.41, 5.74) is 1.20. The number of nitrogens with one attached hydrogen (secondary N) is 1. The molecule has 1 aromatic heterocycles. The highest BCUT2D eigenvalue weighted by atomic mass is 16.5. The second-order valence-corrected chi connectivity index (χ2v) is 5.61. The number of nitrogens with zero attached hydrogens (tertiary/aromatic N) is 2. The van der Waals surface area contributed by atoms with Crippen molar-refractivity contribution in [2.75, 3.05) is 31.6 Å². The van der Waals surface area contributed by atoms with E-state index in [0.29, 0.717) is 0 Å². The summed E-state index contributed by atoms with van der Waals surface area (Å²) in [6.45, 7) is 4.97. The van der Waals surface area contributed by atoms with Gasteiger partial charge in [0, 0.05) is 19.3 Å². The number of rotatable bonds is 7. The SMILES string of the molecule is c1ccc(NCc2cccc(OCCN3CCCC3)c2)nc1. The van der Waals surface area contributed by atoms with Crippen molar-refractivity contribution < 1.29 is 4.74 Å². The third kappa shape index (κ3) is 4.46. The maximum atomic E-state index is 5.88. The number of hydrogen-bond donors (Lipinski definition) is 1. The molecule has 1 fully saturated rings. The second-order valence-electron chi connectivity index (χ2n) is 5.61. The highest BCUT2D eigenvalue weighted by Crippen LogP contribution is 2.15. The van der Waals surface area contributed by atoms with Crippen molar-refractivity contribution in [2.45, 2.75) is 19.4 Å². The molecule has 0 aliphatic carbocycles. The summed E-state index contributed by atoms with van der Waals surface area (Å²) < 4.78 is 5.88. The van der Waals surface area contributed by atoms with Crippen molar-refractivity contribution in [1.82, 2.24) is 9.88 Å². The predicted molar refractivity (Wildman–Crippen MR) is 89.2 cm³/mol. The summed E-state index contributed by atoms with van der Waals surface area (Å²) in [5, 5.41) is 3.31. The number of pyridine rings is 1. The molecule has 4 nitrogen and oxygen atoms in total. The molecule has 1 aliphatic rings. The number of likely N-dealkylation sites (tertiary alicyclic amines) is 1. The lowest BCUT2D eigenvalue weighted by molar-refractivity contribution is 0.237. The van der Waals surface area contributed by atoms with Crippen molar-refractivity contribution in [3.8, 4) is 5.75 Å². The van der Waals surface area contributed by atoms with Crippen LogP contribution in [0.3, 0.4) is 0 Å². The molecule has 0 spiro atoms. The van der Waals surface area contributed by atoms with E-state index in [1.54, 1.807) is 6.20 Å². The van der Waals surface area contributed by atoms with Gasteiger partial charge in [-0.1, -0.05) is 18.2 Å². The highest BCUT2D eigenvalue weighted by molar-refractivity contribution is 5.36. The molecule has 0 radical (unpaired) electrons. The highest BCUT2D eigenvalue weighted by Gasteiger charge is 2.10. The summed E-state index contributed by atoms with van der Waals surface area (Å²) in [6, 6.07) is 14.1. The van der Waals surface area contributed by atoms with Crippen LogP contribution in [0.2, 0.25) is 0 Å². The maximum absolute atomic E-state index is 5.88. The first-order chi connectivity index (χ1) is 10.9. The molecule has 0 bridgehead atoms. The predicted octanol–water partition coefficient (Wildman–Crippen LogP) is 3.17. The molecule has 116 valence electrons. The first-order valence-electron chi connectivity index (χ1n) is 7.99. The van der Waals surface area contributed by atoms with Crippen molar-refractivity contribution in [3.63, 3.8) is 0 Å². The molecule has 2 aromatic rings. The Hall–Kier alpha value is -2.07. The van der Waals surface area contributed by atoms with Gasteiger partial charge in [-0.05, 0) is 55.8 Å². The van der Waals surface area contributed by atoms with Crippen LogP contribution in [0.15, 0.2) is 48.7 Å². The van der Waals surface area contributed by atoms with Crippen LogP contribution in [0, 0.1) is 0 Å². The van der Waals surface area contributed by atoms with Crippen LogP contribution in [0.5, 0.6) is 5.75 Å². The van der Waals surface area contributed by atoms with Gasteiger partial charge < -0.3 is 10.1 Å². The minimum Gasteiger partial charge on any atom is -0.492 e. The molecule has 22 heavy (non-hydrogen) atoms. The third-order valence-electron chi connectivity index (χ3n) is 3.91. The average molecular weight is 297 g/mol. The molecule has 1 aromatic carbocycles. The van der Waals surface area contributed by atoms with Crippen LogP contribution in [-0.4, -0.2) is 36.1 Å². The Morgan fingerprint density at radius 2 is 2.00 bits per heavy atom. The summed E-state index contributed by atoms with van der Waals surface area (Å²) >= 11 is 0. The Balaban J connectivity index is 1.47. The van der Waals surface area contributed by atoms with Crippen LogP contribution in [-0.2, 0) is 6.54 Å². The zero-order valence-corrected chi connectivity index (χ0v) is 12.9. The number of aromatic nitrogens is 1. The Morgan fingerprint density at radius 3 is 2.82 bits per heavy atom. The quantitative estimate of drug-likeness (QED) is 0.852. The van der Waals surface area contributed by atoms with E-state index in [9.17, 15) is 0 Å². The van der Waals surface area contributed by atoms with Gasteiger partial charge in [-0.2, -0.15) is 0 Å². The van der Waals surface area contributed by atoms with Gasteiger partial charge >= 0.3 is 0 Å². The topological polar surface area (TPSA) is 37.4 Å². The summed E-state index contributed by atoms with van der Waals surface area (Å²) in [4.78, 5) is 6.73. The smallest absolute Gasteiger partial charge is 0.126 e. The zero-order valence-electron chi connectivity index (χ0n) is 12.9. The molecular weight excluding hydrogens is 274 g/mol. The van der Waals surface area contributed by atoms with Crippen LogP contribution >= 0.6 is 0 Å². The van der Waals surface area contributed by atoms with Gasteiger partial charge in [-0.15, -0.1) is 0 Å². The standard InChI is InChI=1S/C18H23N3O/c1-2-9-19-18(8-1)20-15-16-6-5-7-17(14-16)22-13-12-21-10-3-4-11-21/h1-2,5-9,14H,3-4,10-13,15H2,(H,19,20). The van der Waals surface area contributed by atoms with Crippen molar-refractivity contribution in [2.24, 2.45) is 0 Å². The van der Waals surface area contributed by atoms with E-state index in [1.165, 1.54) is 31.5 Å². The van der Waals surface area contributed by atoms with E-state index in [-0.39, 0.29) is 0 Å². The molecule has 0 amide bonds. The Labute approximate surface area is 132 Å². The number of ether oxygens (including phenoxy) is 1. The fourth-order valence-corrected chi connectivity index (χ4v) is 2.70. The van der Waals surface area contributed by atoms with Crippen LogP contribution < -0.4 is 10.1 Å². The van der Waals surface area contributed by atoms with Crippen molar-refractivity contribution in [3.05, 3.63) is 54.2 Å². The molecule has 3 rings (SSSR count). The lowest BCUT2D eigenvalue weighted by Gasteiger charge is -2.15. The fraction of sp³-hybridized carbons (Fsp3) is 0.389. The largest absolute Gasteiger partial charge is 0.492 e. The molecule has 2 heterocycles. The molecule has 1 N–H and O–H groups in total. The van der Waals surface area contributed by atoms with Gasteiger partial charge in [0.05, 0.1) is 0 Å². The summed E-state index contributed by atoms with van der Waals surface area (Å²) in [5.74, 6) is 1.84. The average Bonchev–Trinajstić information content (AvgIpc) is 3.08. The molecule has 4 heteroatoms. The van der Waals surface area contributed by atoms with Gasteiger partial charge in [0.15, 0.2) is 0 Å². The van der Waals surface area contributed by atoms with E-state index in [0.717, 1.165) is 31.3 Å². The van der Waals surface area contributed by atoms with E-state index >= 15 is 0 Å². The van der Waals surface area contributed by atoms with Crippen molar-refractivity contribution in [1.29, 1.82) is 0 Å². The molecule has 0 saturated carbocycles. The van der Waals surface area contributed by atoms with E-state index in [4.69, 9.17) is 4.74 Å². The number of anilines is 1. The monoisotopic (exact) mass is 297 g/mol. The first kappa shape index (κ1) is 14.9. The van der Waals surface area contributed by atoms with Crippen molar-refractivity contribution >= 4 is 5.82 Å². The van der Waals surface area contributed by atoms with Gasteiger partial charge in [-0.3, -0.25) is 4.90 Å². The fourth-order valence-electron chi connectivity index (χ4n) is 2.70. The van der Waals surface area contributed by atoms with Crippen LogP contribution in [0.25, 0.3) is 0 Å². The summed E-state index contributed by atoms with van der Waals surface area (Å²) in [7, 11) is 0. The minimum atomic E-state index is 0.750. The van der Waals surface area contributed by atoms with Gasteiger partial charge in [-0.25, -0.2) is 4.98 Å². The third-order valence-corrected chi connectivity index (χ3v) is 3.91. The van der Waals surface area contributed by atoms with E-state index in [1.807, 2.05) is 30.3 Å². The minimum absolute atomic E-state index is 0.750. The number of hydrogen-bond acceptors (Lipinski definition) is 4. The van der Waals surface area contributed by atoms with E-state index in [2.05, 4.69) is 27.3 Å². The Bertz CT molecular complexity index is 568. The van der Waals surface area contributed by atoms with Gasteiger partial charge in [0.1, 0.15) is 18.2 Å². The lowest BCUT2D eigenvalue weighted by atomic mass is 10.2. The first-order valence-corrected chi connectivity index (χ1v) is 7.99. The number of benzene rings is 1. The molecule has 1 aliphatic heterocycles. The molecule has 0 atom stereocenters. The Kier molecular flexibility index (Phi) is 5.27. The second kappa shape index (κ2) is 7.80. The maximum Gasteiger partial charge on any atom is 0.126 e. The van der Waals surface area contributed by atoms with E-state index < -0.39 is 0 Å². The van der Waals surface area contributed by atoms with Gasteiger partial charge in [0.2, 0.25) is 0 Å². The zero-order chi connectivity index (χ0) is 15.0. The summed E-state index contributed by atoms with van der Waals surface area (Å²) in [6.07, 6.45) is 4.45.